The molecule has 2 amide bonds. The fourth-order valence-corrected chi connectivity index (χ4v) is 5.78. The molecule has 0 unspecified atom stereocenters. The van der Waals surface area contributed by atoms with Crippen LogP contribution < -0.4 is 16.0 Å². The summed E-state index contributed by atoms with van der Waals surface area (Å²) in [5, 5.41) is 10.1. The first-order valence-corrected chi connectivity index (χ1v) is 11.7. The number of carbonyl (C=O) groups excluding carboxylic acids is 2. The number of nitrogens with one attached hydrogen (secondary N) is 3. The molecule has 0 bridgehead atoms. The number of carbonyl (C=O) groups is 2. The number of aryl methyl sites for hydroxylation is 1. The van der Waals surface area contributed by atoms with Gasteiger partial charge in [-0.1, -0.05) is 6.07 Å². The molecular formula is C25H30N4O2S. The fourth-order valence-electron chi connectivity index (χ4n) is 4.71. The Labute approximate surface area is 192 Å². The molecule has 4 rings (SSSR count). The van der Waals surface area contributed by atoms with Gasteiger partial charge in [0, 0.05) is 28.4 Å². The smallest absolute Gasteiger partial charge is 0.313 e. The Balaban J connectivity index is 1.39. The molecule has 3 N–H and O–H groups in total. The lowest BCUT2D eigenvalue weighted by molar-refractivity contribution is -0.137. The highest BCUT2D eigenvalue weighted by Crippen LogP contribution is 2.31. The third-order valence-corrected chi connectivity index (χ3v) is 6.73. The van der Waals surface area contributed by atoms with Crippen molar-refractivity contribution in [3.05, 3.63) is 48.0 Å². The number of nitrogens with zero attached hydrogens (tertiary/aromatic N) is 1. The van der Waals surface area contributed by atoms with Crippen molar-refractivity contribution in [2.45, 2.75) is 64.6 Å². The van der Waals surface area contributed by atoms with E-state index in [0.717, 1.165) is 33.6 Å². The minimum Gasteiger partial charge on any atom is -0.345 e. The third kappa shape index (κ3) is 5.16. The third-order valence-electron chi connectivity index (χ3n) is 5.67. The average Bonchev–Trinajstić information content (AvgIpc) is 3.09. The van der Waals surface area contributed by atoms with Gasteiger partial charge in [0.2, 0.25) is 0 Å². The first-order valence-electron chi connectivity index (χ1n) is 10.9. The van der Waals surface area contributed by atoms with Crippen molar-refractivity contribution >= 4 is 39.1 Å². The Morgan fingerprint density at radius 1 is 1.00 bits per heavy atom. The van der Waals surface area contributed by atoms with Gasteiger partial charge in [0.05, 0.1) is 10.2 Å². The van der Waals surface area contributed by atoms with Crippen LogP contribution in [0.15, 0.2) is 42.5 Å². The van der Waals surface area contributed by atoms with E-state index in [-0.39, 0.29) is 17.1 Å². The van der Waals surface area contributed by atoms with Crippen LogP contribution >= 0.6 is 11.3 Å². The van der Waals surface area contributed by atoms with Crippen molar-refractivity contribution in [3.8, 4) is 10.6 Å². The van der Waals surface area contributed by atoms with Gasteiger partial charge in [0.15, 0.2) is 0 Å². The summed E-state index contributed by atoms with van der Waals surface area (Å²) in [6.45, 7) is 10.5. The van der Waals surface area contributed by atoms with Gasteiger partial charge in [0.25, 0.3) is 0 Å². The summed E-state index contributed by atoms with van der Waals surface area (Å²) in [4.78, 5) is 29.7. The highest BCUT2D eigenvalue weighted by atomic mass is 32.1. The molecule has 1 aliphatic heterocycles. The van der Waals surface area contributed by atoms with E-state index in [1.54, 1.807) is 23.5 Å². The van der Waals surface area contributed by atoms with Gasteiger partial charge in [0.1, 0.15) is 5.01 Å². The van der Waals surface area contributed by atoms with Crippen molar-refractivity contribution < 1.29 is 9.59 Å². The first-order chi connectivity index (χ1) is 15.0. The van der Waals surface area contributed by atoms with Gasteiger partial charge < -0.3 is 16.0 Å². The minimum atomic E-state index is -0.651. The number of hydrogen-bond donors (Lipinski definition) is 3. The quantitative estimate of drug-likeness (QED) is 0.508. The van der Waals surface area contributed by atoms with E-state index in [2.05, 4.69) is 62.7 Å². The molecule has 6 nitrogen and oxygen atoms in total. The number of fused-ring (bicyclic) bond motifs is 1. The molecule has 1 aliphatic rings. The summed E-state index contributed by atoms with van der Waals surface area (Å²) >= 11 is 1.64. The molecule has 2 aromatic carbocycles. The Morgan fingerprint density at radius 2 is 1.66 bits per heavy atom. The molecule has 7 heteroatoms. The van der Waals surface area contributed by atoms with Crippen LogP contribution in [0, 0.1) is 6.92 Å². The molecule has 168 valence electrons. The number of piperidine rings is 1. The number of hydrogen-bond acceptors (Lipinski definition) is 5. The second kappa shape index (κ2) is 8.30. The Hall–Kier alpha value is -2.77. The van der Waals surface area contributed by atoms with Gasteiger partial charge in [-0.3, -0.25) is 9.59 Å². The molecule has 0 spiro atoms. The second-order valence-electron chi connectivity index (χ2n) is 9.99. The number of benzene rings is 2. The summed E-state index contributed by atoms with van der Waals surface area (Å²) in [7, 11) is 0. The van der Waals surface area contributed by atoms with E-state index < -0.39 is 11.8 Å². The van der Waals surface area contributed by atoms with Gasteiger partial charge in [-0.2, -0.15) is 0 Å². The highest BCUT2D eigenvalue weighted by Gasteiger charge is 2.38. The lowest BCUT2D eigenvalue weighted by atomic mass is 9.79. The van der Waals surface area contributed by atoms with E-state index in [9.17, 15) is 9.59 Å². The standard InChI is InChI=1S/C25H30N4O2S/c1-15-6-11-19-20(12-15)32-23(28-19)16-7-9-17(10-8-16)26-21(30)22(31)27-18-13-24(2,3)29-25(4,5)14-18/h6-12,18,29H,13-14H2,1-5H3,(H,26,30)(H,27,31). The zero-order valence-corrected chi connectivity index (χ0v) is 20.0. The number of thiazole rings is 1. The number of aromatic nitrogens is 1. The van der Waals surface area contributed by atoms with Crippen molar-refractivity contribution in [1.29, 1.82) is 0 Å². The molecule has 1 fully saturated rings. The summed E-state index contributed by atoms with van der Waals surface area (Å²) in [6.07, 6.45) is 1.54. The largest absolute Gasteiger partial charge is 0.345 e. The van der Waals surface area contributed by atoms with E-state index >= 15 is 0 Å². The second-order valence-corrected chi connectivity index (χ2v) is 11.0. The van der Waals surface area contributed by atoms with Crippen LogP contribution in [0.3, 0.4) is 0 Å². The van der Waals surface area contributed by atoms with Crippen LogP contribution in [0.5, 0.6) is 0 Å². The van der Waals surface area contributed by atoms with E-state index in [0.29, 0.717) is 5.69 Å². The van der Waals surface area contributed by atoms with Crippen LogP contribution in [0.4, 0.5) is 5.69 Å². The highest BCUT2D eigenvalue weighted by molar-refractivity contribution is 7.21. The van der Waals surface area contributed by atoms with Crippen LogP contribution in [-0.4, -0.2) is 33.9 Å². The summed E-state index contributed by atoms with van der Waals surface area (Å²) in [6, 6.07) is 13.6. The number of rotatable bonds is 3. The molecule has 1 saturated heterocycles. The fraction of sp³-hybridized carbons (Fsp3) is 0.400. The molecular weight excluding hydrogens is 420 g/mol. The molecule has 0 atom stereocenters. The van der Waals surface area contributed by atoms with Crippen LogP contribution in [0.25, 0.3) is 20.8 Å². The van der Waals surface area contributed by atoms with E-state index in [1.165, 1.54) is 5.56 Å². The van der Waals surface area contributed by atoms with Crippen molar-refractivity contribution in [3.63, 3.8) is 0 Å². The molecule has 0 saturated carbocycles. The maximum absolute atomic E-state index is 12.5. The molecule has 2 heterocycles. The van der Waals surface area contributed by atoms with Crippen LogP contribution in [0.2, 0.25) is 0 Å². The van der Waals surface area contributed by atoms with E-state index in [4.69, 9.17) is 4.98 Å². The van der Waals surface area contributed by atoms with E-state index in [1.807, 2.05) is 18.2 Å². The molecule has 1 aromatic heterocycles. The summed E-state index contributed by atoms with van der Waals surface area (Å²) in [5.41, 5.74) is 3.54. The molecule has 0 radical (unpaired) electrons. The predicted molar refractivity (Wildman–Crippen MR) is 131 cm³/mol. The first kappa shape index (κ1) is 22.4. The summed E-state index contributed by atoms with van der Waals surface area (Å²) in [5.74, 6) is -1.25. The molecule has 3 aromatic rings. The lowest BCUT2D eigenvalue weighted by Gasteiger charge is -2.46. The van der Waals surface area contributed by atoms with Crippen LogP contribution in [0.1, 0.15) is 46.1 Å². The average molecular weight is 451 g/mol. The van der Waals surface area contributed by atoms with Crippen molar-refractivity contribution in [2.24, 2.45) is 0 Å². The lowest BCUT2D eigenvalue weighted by Crippen LogP contribution is -2.62. The topological polar surface area (TPSA) is 83.1 Å². The van der Waals surface area contributed by atoms with Gasteiger partial charge in [-0.25, -0.2) is 4.98 Å². The Kier molecular flexibility index (Phi) is 5.81. The Bertz CT molecular complexity index is 1150. The van der Waals surface area contributed by atoms with Gasteiger partial charge in [-0.05, 0) is 89.4 Å². The number of amides is 2. The van der Waals surface area contributed by atoms with Crippen molar-refractivity contribution in [2.75, 3.05) is 5.32 Å². The SMILES string of the molecule is Cc1ccc2nc(-c3ccc(NC(=O)C(=O)NC4CC(C)(C)NC(C)(C)C4)cc3)sc2c1. The zero-order valence-electron chi connectivity index (χ0n) is 19.2. The number of anilines is 1. The van der Waals surface area contributed by atoms with Crippen LogP contribution in [-0.2, 0) is 9.59 Å². The minimum absolute atomic E-state index is 0.0513. The normalized spacial score (nSPS) is 17.8. The maximum atomic E-state index is 12.5. The maximum Gasteiger partial charge on any atom is 0.313 e. The molecule has 0 aliphatic carbocycles. The molecule has 32 heavy (non-hydrogen) atoms. The summed E-state index contributed by atoms with van der Waals surface area (Å²) < 4.78 is 1.15. The monoisotopic (exact) mass is 450 g/mol. The van der Waals surface area contributed by atoms with Gasteiger partial charge >= 0.3 is 11.8 Å². The Morgan fingerprint density at radius 3 is 2.31 bits per heavy atom. The van der Waals surface area contributed by atoms with Crippen molar-refractivity contribution in [1.82, 2.24) is 15.6 Å². The zero-order chi connectivity index (χ0) is 23.1. The van der Waals surface area contributed by atoms with Gasteiger partial charge in [-0.15, -0.1) is 11.3 Å². The predicted octanol–water partition coefficient (Wildman–Crippen LogP) is 4.64.